The predicted octanol–water partition coefficient (Wildman–Crippen LogP) is 3.91. The molecule has 2 bridgehead atoms. The highest BCUT2D eigenvalue weighted by atomic mass is 19.1. The lowest BCUT2D eigenvalue weighted by atomic mass is 9.57. The molecule has 2 heteroatoms. The molecular formula is C17H24FN. The minimum Gasteiger partial charge on any atom is -0.309 e. The van der Waals surface area contributed by atoms with E-state index in [-0.39, 0.29) is 5.82 Å². The number of fused-ring (bicyclic) bond motifs is 3. The molecule has 4 rings (SSSR count). The van der Waals surface area contributed by atoms with Crippen LogP contribution in [0.15, 0.2) is 24.3 Å². The lowest BCUT2D eigenvalue weighted by molar-refractivity contribution is 0.0507. The molecule has 0 aromatic heterocycles. The lowest BCUT2D eigenvalue weighted by Gasteiger charge is -2.50. The van der Waals surface area contributed by atoms with E-state index in [9.17, 15) is 4.39 Å². The first-order chi connectivity index (χ1) is 9.15. The molecule has 104 valence electrons. The van der Waals surface area contributed by atoms with Gasteiger partial charge in [0, 0.05) is 6.54 Å². The molecule has 1 nitrogen and oxygen atoms in total. The van der Waals surface area contributed by atoms with Crippen LogP contribution in [-0.2, 0) is 0 Å². The summed E-state index contributed by atoms with van der Waals surface area (Å²) in [7, 11) is 4.34. The monoisotopic (exact) mass is 261 g/mol. The van der Waals surface area contributed by atoms with Crippen molar-refractivity contribution in [3.63, 3.8) is 0 Å². The molecule has 3 aliphatic rings. The molecule has 0 saturated heterocycles. The summed E-state index contributed by atoms with van der Waals surface area (Å²) < 4.78 is 13.1. The first-order valence-corrected chi connectivity index (χ1v) is 7.55. The van der Waals surface area contributed by atoms with Crippen LogP contribution < -0.4 is 0 Å². The highest BCUT2D eigenvalue weighted by molar-refractivity contribution is 5.24. The summed E-state index contributed by atoms with van der Waals surface area (Å²) in [5.41, 5.74) is 1.36. The highest BCUT2D eigenvalue weighted by Gasteiger charge is 2.43. The van der Waals surface area contributed by atoms with Crippen molar-refractivity contribution >= 4 is 0 Å². The zero-order valence-corrected chi connectivity index (χ0v) is 12.0. The first-order valence-electron chi connectivity index (χ1n) is 7.55. The largest absolute Gasteiger partial charge is 0.309 e. The first kappa shape index (κ1) is 13.1. The van der Waals surface area contributed by atoms with Gasteiger partial charge in [-0.25, -0.2) is 4.39 Å². The summed E-state index contributed by atoms with van der Waals surface area (Å²) in [4.78, 5) is 2.32. The maximum atomic E-state index is 13.1. The molecule has 0 amide bonds. The van der Waals surface area contributed by atoms with Crippen LogP contribution >= 0.6 is 0 Å². The second-order valence-electron chi connectivity index (χ2n) is 6.68. The SMILES string of the molecule is CN(C)C[C@@H]1C2CCC(CC2)C1c1ccc(F)cc1. The average Bonchev–Trinajstić information content (AvgIpc) is 2.41. The van der Waals surface area contributed by atoms with Crippen LogP contribution in [-0.4, -0.2) is 25.5 Å². The van der Waals surface area contributed by atoms with Gasteiger partial charge in [-0.15, -0.1) is 0 Å². The summed E-state index contributed by atoms with van der Waals surface area (Å²) in [6, 6.07) is 7.29. The number of rotatable bonds is 3. The van der Waals surface area contributed by atoms with E-state index in [1.54, 1.807) is 12.1 Å². The van der Waals surface area contributed by atoms with Crippen LogP contribution in [0.1, 0.15) is 37.2 Å². The zero-order valence-electron chi connectivity index (χ0n) is 12.0. The third-order valence-corrected chi connectivity index (χ3v) is 5.22. The Morgan fingerprint density at radius 2 is 1.58 bits per heavy atom. The molecular weight excluding hydrogens is 237 g/mol. The van der Waals surface area contributed by atoms with E-state index in [0.29, 0.717) is 5.92 Å². The Morgan fingerprint density at radius 1 is 1.00 bits per heavy atom. The molecule has 2 atom stereocenters. The number of benzene rings is 1. The van der Waals surface area contributed by atoms with E-state index in [4.69, 9.17) is 0 Å². The molecule has 0 N–H and O–H groups in total. The zero-order chi connectivity index (χ0) is 13.4. The van der Waals surface area contributed by atoms with Gasteiger partial charge >= 0.3 is 0 Å². The van der Waals surface area contributed by atoms with Gasteiger partial charge in [0.25, 0.3) is 0 Å². The van der Waals surface area contributed by atoms with Gasteiger partial charge in [-0.05, 0) is 81.1 Å². The second-order valence-corrected chi connectivity index (χ2v) is 6.68. The fraction of sp³-hybridized carbons (Fsp3) is 0.647. The Hall–Kier alpha value is -0.890. The van der Waals surface area contributed by atoms with Crippen molar-refractivity contribution in [2.75, 3.05) is 20.6 Å². The molecule has 19 heavy (non-hydrogen) atoms. The normalized spacial score (nSPS) is 33.9. The molecule has 3 fully saturated rings. The Labute approximate surface area is 115 Å². The topological polar surface area (TPSA) is 3.24 Å². The van der Waals surface area contributed by atoms with Crippen LogP contribution in [0.2, 0.25) is 0 Å². The van der Waals surface area contributed by atoms with E-state index in [2.05, 4.69) is 19.0 Å². The summed E-state index contributed by atoms with van der Waals surface area (Å²) in [5.74, 6) is 2.99. The van der Waals surface area contributed by atoms with E-state index in [1.807, 2.05) is 12.1 Å². The van der Waals surface area contributed by atoms with E-state index in [1.165, 1.54) is 37.8 Å². The summed E-state index contributed by atoms with van der Waals surface area (Å²) in [5, 5.41) is 0. The maximum Gasteiger partial charge on any atom is 0.123 e. The Balaban J connectivity index is 1.89. The number of nitrogens with zero attached hydrogens (tertiary/aromatic N) is 1. The Kier molecular flexibility index (Phi) is 3.62. The van der Waals surface area contributed by atoms with E-state index < -0.39 is 0 Å². The van der Waals surface area contributed by atoms with Crippen molar-refractivity contribution in [3.05, 3.63) is 35.6 Å². The van der Waals surface area contributed by atoms with Crippen molar-refractivity contribution in [2.45, 2.75) is 31.6 Å². The van der Waals surface area contributed by atoms with Gasteiger partial charge in [-0.2, -0.15) is 0 Å². The van der Waals surface area contributed by atoms with Gasteiger partial charge < -0.3 is 4.90 Å². The molecule has 1 aromatic carbocycles. The van der Waals surface area contributed by atoms with Crippen LogP contribution in [0.25, 0.3) is 0 Å². The van der Waals surface area contributed by atoms with Gasteiger partial charge in [-0.1, -0.05) is 12.1 Å². The van der Waals surface area contributed by atoms with Gasteiger partial charge in [0.05, 0.1) is 0 Å². The molecule has 3 aliphatic carbocycles. The smallest absolute Gasteiger partial charge is 0.123 e. The van der Waals surface area contributed by atoms with Crippen LogP contribution in [0, 0.1) is 23.6 Å². The maximum absolute atomic E-state index is 13.1. The molecule has 0 aliphatic heterocycles. The lowest BCUT2D eigenvalue weighted by Crippen LogP contribution is -2.43. The van der Waals surface area contributed by atoms with Crippen LogP contribution in [0.5, 0.6) is 0 Å². The number of hydrogen-bond donors (Lipinski definition) is 0. The quantitative estimate of drug-likeness (QED) is 0.797. The van der Waals surface area contributed by atoms with Crippen LogP contribution in [0.4, 0.5) is 4.39 Å². The second kappa shape index (κ2) is 5.24. The Bertz CT molecular complexity index is 417. The highest BCUT2D eigenvalue weighted by Crippen LogP contribution is 2.53. The molecule has 1 aromatic rings. The van der Waals surface area contributed by atoms with E-state index >= 15 is 0 Å². The van der Waals surface area contributed by atoms with Gasteiger partial charge in [-0.3, -0.25) is 0 Å². The fourth-order valence-electron chi connectivity index (χ4n) is 4.46. The number of halogens is 1. The standard InChI is InChI=1S/C17H24FN/c1-19(2)11-16-12-3-5-13(6-4-12)17(16)14-7-9-15(18)10-8-14/h7-10,12-13,16-17H,3-6,11H2,1-2H3/t12?,13?,16-,17?/m1/s1. The predicted molar refractivity (Wildman–Crippen MR) is 76.6 cm³/mol. The molecule has 3 saturated carbocycles. The minimum absolute atomic E-state index is 0.117. The summed E-state index contributed by atoms with van der Waals surface area (Å²) in [6.45, 7) is 1.17. The summed E-state index contributed by atoms with van der Waals surface area (Å²) >= 11 is 0. The van der Waals surface area contributed by atoms with Crippen molar-refractivity contribution in [1.82, 2.24) is 4.90 Å². The Morgan fingerprint density at radius 3 is 2.16 bits per heavy atom. The third-order valence-electron chi connectivity index (χ3n) is 5.22. The average molecular weight is 261 g/mol. The van der Waals surface area contributed by atoms with Crippen molar-refractivity contribution in [3.8, 4) is 0 Å². The molecule has 0 heterocycles. The number of hydrogen-bond acceptors (Lipinski definition) is 1. The van der Waals surface area contributed by atoms with Gasteiger partial charge in [0.2, 0.25) is 0 Å². The third kappa shape index (κ3) is 2.55. The van der Waals surface area contributed by atoms with Crippen molar-refractivity contribution in [2.24, 2.45) is 17.8 Å². The van der Waals surface area contributed by atoms with E-state index in [0.717, 1.165) is 17.8 Å². The molecule has 0 radical (unpaired) electrons. The molecule has 1 unspecified atom stereocenters. The summed E-state index contributed by atoms with van der Waals surface area (Å²) in [6.07, 6.45) is 5.55. The van der Waals surface area contributed by atoms with Gasteiger partial charge in [0.1, 0.15) is 5.82 Å². The van der Waals surface area contributed by atoms with Crippen molar-refractivity contribution in [1.29, 1.82) is 0 Å². The van der Waals surface area contributed by atoms with Crippen molar-refractivity contribution < 1.29 is 4.39 Å². The fourth-order valence-corrected chi connectivity index (χ4v) is 4.46. The molecule has 0 spiro atoms. The van der Waals surface area contributed by atoms with Gasteiger partial charge in [0.15, 0.2) is 0 Å². The van der Waals surface area contributed by atoms with Crippen LogP contribution in [0.3, 0.4) is 0 Å². The minimum atomic E-state index is -0.117.